The highest BCUT2D eigenvalue weighted by molar-refractivity contribution is 6.44. The average molecular weight is 485 g/mol. The Morgan fingerprint density at radius 3 is 2.42 bits per heavy atom. The molecule has 166 valence electrons. The summed E-state index contributed by atoms with van der Waals surface area (Å²) in [6.45, 7) is 1.69. The predicted octanol–water partition coefficient (Wildman–Crippen LogP) is 3.95. The van der Waals surface area contributed by atoms with Gasteiger partial charge in [0.2, 0.25) is 5.82 Å². The van der Waals surface area contributed by atoms with Crippen LogP contribution in [-0.4, -0.2) is 54.1 Å². The number of benzene rings is 1. The van der Waals surface area contributed by atoms with Gasteiger partial charge in [0, 0.05) is 18.0 Å². The largest absolute Gasteiger partial charge is 0.477 e. The first-order chi connectivity index (χ1) is 16.0. The quantitative estimate of drug-likeness (QED) is 0.361. The minimum atomic E-state index is 0.132. The van der Waals surface area contributed by atoms with Gasteiger partial charge in [-0.05, 0) is 25.1 Å². The molecule has 0 amide bonds. The van der Waals surface area contributed by atoms with E-state index < -0.39 is 0 Å². The van der Waals surface area contributed by atoms with Gasteiger partial charge in [0.15, 0.2) is 11.6 Å². The predicted molar refractivity (Wildman–Crippen MR) is 119 cm³/mol. The highest BCUT2D eigenvalue weighted by atomic mass is 35.5. The number of halogens is 2. The second-order valence-corrected chi connectivity index (χ2v) is 7.49. The molecule has 0 radical (unpaired) electrons. The summed E-state index contributed by atoms with van der Waals surface area (Å²) in [6.07, 6.45) is 3.29. The number of rotatable bonds is 5. The number of hydrogen-bond donors (Lipinski definition) is 0. The summed E-state index contributed by atoms with van der Waals surface area (Å²) in [7, 11) is 2.93. The Kier molecular flexibility index (Phi) is 5.27. The molecule has 5 rings (SSSR count). The molecule has 0 atom stereocenters. The molecule has 0 spiro atoms. The van der Waals surface area contributed by atoms with Gasteiger partial charge in [0.1, 0.15) is 5.52 Å². The first kappa shape index (κ1) is 21.0. The summed E-state index contributed by atoms with van der Waals surface area (Å²) in [6, 6.07) is 5.19. The molecule has 4 aromatic heterocycles. The summed E-state index contributed by atoms with van der Waals surface area (Å²) in [5, 5.41) is 12.9. The van der Waals surface area contributed by atoms with E-state index in [-0.39, 0.29) is 33.5 Å². The van der Waals surface area contributed by atoms with E-state index in [9.17, 15) is 0 Å². The smallest absolute Gasteiger partial charge is 0.296 e. The third-order valence-corrected chi connectivity index (χ3v) is 5.46. The Morgan fingerprint density at radius 2 is 1.76 bits per heavy atom. The fourth-order valence-corrected chi connectivity index (χ4v) is 3.69. The third-order valence-electron chi connectivity index (χ3n) is 4.68. The van der Waals surface area contributed by atoms with Gasteiger partial charge in [-0.1, -0.05) is 28.4 Å². The molecule has 0 aliphatic carbocycles. The molecule has 0 bridgehead atoms. The van der Waals surface area contributed by atoms with E-state index in [0.717, 1.165) is 0 Å². The summed E-state index contributed by atoms with van der Waals surface area (Å²) < 4.78 is 17.6. The fourth-order valence-electron chi connectivity index (χ4n) is 3.27. The Hall–Kier alpha value is -3.83. The number of nitrogens with zero attached hydrogens (tertiary/aromatic N) is 8. The first-order valence-electron chi connectivity index (χ1n) is 9.46. The van der Waals surface area contributed by atoms with E-state index in [0.29, 0.717) is 33.9 Å². The Morgan fingerprint density at radius 1 is 1.00 bits per heavy atom. The van der Waals surface area contributed by atoms with Crippen LogP contribution in [0.4, 0.5) is 0 Å². The molecule has 0 N–H and O–H groups in total. The lowest BCUT2D eigenvalue weighted by Gasteiger charge is -2.15. The molecule has 33 heavy (non-hydrogen) atoms. The second-order valence-electron chi connectivity index (χ2n) is 6.70. The Bertz CT molecular complexity index is 1490. The molecule has 11 nitrogen and oxygen atoms in total. The van der Waals surface area contributed by atoms with E-state index >= 15 is 0 Å². The van der Waals surface area contributed by atoms with Crippen LogP contribution in [0.3, 0.4) is 0 Å². The van der Waals surface area contributed by atoms with Crippen LogP contribution in [0.5, 0.6) is 11.8 Å². The van der Waals surface area contributed by atoms with Crippen molar-refractivity contribution < 1.29 is 14.0 Å². The number of aryl methyl sites for hydroxylation is 1. The van der Waals surface area contributed by atoms with Gasteiger partial charge in [-0.3, -0.25) is 9.55 Å². The van der Waals surface area contributed by atoms with Gasteiger partial charge in [0.25, 0.3) is 17.7 Å². The molecular weight excluding hydrogens is 471 g/mol. The van der Waals surface area contributed by atoms with Crippen molar-refractivity contribution >= 4 is 34.2 Å². The van der Waals surface area contributed by atoms with Crippen molar-refractivity contribution in [3.05, 3.63) is 46.5 Å². The fraction of sp³-hybridized carbons (Fsp3) is 0.150. The van der Waals surface area contributed by atoms with E-state index in [1.807, 2.05) is 6.07 Å². The highest BCUT2D eigenvalue weighted by Crippen LogP contribution is 2.40. The van der Waals surface area contributed by atoms with Crippen LogP contribution in [0.15, 0.2) is 35.1 Å². The third kappa shape index (κ3) is 3.51. The van der Waals surface area contributed by atoms with Gasteiger partial charge >= 0.3 is 0 Å². The van der Waals surface area contributed by atoms with Gasteiger partial charge in [-0.15, -0.1) is 10.2 Å². The zero-order chi connectivity index (χ0) is 23.1. The molecule has 0 fully saturated rings. The normalized spacial score (nSPS) is 11.2. The number of hydrogen-bond acceptors (Lipinski definition) is 10. The maximum Gasteiger partial charge on any atom is 0.296 e. The first-order valence-corrected chi connectivity index (χ1v) is 10.2. The summed E-state index contributed by atoms with van der Waals surface area (Å²) in [5.74, 6) is 1.55. The monoisotopic (exact) mass is 484 g/mol. The van der Waals surface area contributed by atoms with Crippen LogP contribution >= 0.6 is 23.2 Å². The van der Waals surface area contributed by atoms with Gasteiger partial charge in [0.05, 0.1) is 35.5 Å². The van der Waals surface area contributed by atoms with E-state index in [1.54, 1.807) is 36.0 Å². The van der Waals surface area contributed by atoms with Gasteiger partial charge < -0.3 is 14.0 Å². The average Bonchev–Trinajstić information content (AvgIpc) is 3.46. The van der Waals surface area contributed by atoms with Crippen LogP contribution < -0.4 is 9.47 Å². The number of pyridine rings is 1. The Balaban J connectivity index is 1.91. The van der Waals surface area contributed by atoms with E-state index in [1.165, 1.54) is 14.2 Å². The number of ether oxygens (including phenoxy) is 2. The maximum absolute atomic E-state index is 6.73. The summed E-state index contributed by atoms with van der Waals surface area (Å²) in [4.78, 5) is 17.5. The van der Waals surface area contributed by atoms with Crippen molar-refractivity contribution in [2.45, 2.75) is 6.92 Å². The van der Waals surface area contributed by atoms with Crippen molar-refractivity contribution in [3.63, 3.8) is 0 Å². The molecule has 0 aliphatic heterocycles. The molecule has 1 aromatic carbocycles. The topological polar surface area (TPSA) is 127 Å². The lowest BCUT2D eigenvalue weighted by Crippen LogP contribution is -2.06. The minimum Gasteiger partial charge on any atom is -0.477 e. The van der Waals surface area contributed by atoms with Crippen molar-refractivity contribution in [2.75, 3.05) is 14.2 Å². The maximum atomic E-state index is 6.73. The molecule has 0 aliphatic rings. The lowest BCUT2D eigenvalue weighted by molar-refractivity contribution is 0.334. The van der Waals surface area contributed by atoms with Gasteiger partial charge in [-0.25, -0.2) is 9.97 Å². The molecule has 0 saturated heterocycles. The van der Waals surface area contributed by atoms with Crippen LogP contribution in [0.25, 0.3) is 39.8 Å². The van der Waals surface area contributed by atoms with E-state index in [2.05, 4.69) is 35.3 Å². The summed E-state index contributed by atoms with van der Waals surface area (Å²) in [5.41, 5.74) is 1.78. The van der Waals surface area contributed by atoms with Crippen molar-refractivity contribution in [3.8, 4) is 40.6 Å². The molecule has 5 aromatic rings. The van der Waals surface area contributed by atoms with Crippen molar-refractivity contribution in [2.24, 2.45) is 0 Å². The molecule has 4 heterocycles. The number of fused-ring (bicyclic) bond motifs is 1. The Labute approximate surface area is 196 Å². The lowest BCUT2D eigenvalue weighted by atomic mass is 10.2. The number of aromatic nitrogens is 8. The summed E-state index contributed by atoms with van der Waals surface area (Å²) >= 11 is 13.2. The SMILES string of the molecule is COc1nc2cc(Cl)c(Cl)c(-n3c(-c4cccnc4)nnc3-c3nc(C)no3)c2nc1OC. The molecule has 0 saturated carbocycles. The van der Waals surface area contributed by atoms with Crippen LogP contribution in [-0.2, 0) is 0 Å². The van der Waals surface area contributed by atoms with Crippen LogP contribution in [0.1, 0.15) is 5.82 Å². The standard InChI is InChI=1S/C20H14Cl2N8O3/c1-9-24-18(33-29-9)17-28-27-16(10-5-4-6-23-8-10)30(17)15-13(22)11(21)7-12-14(15)26-20(32-3)19(25-12)31-2/h4-8H,1-3H3. The number of methoxy groups -OCH3 is 2. The van der Waals surface area contributed by atoms with Crippen LogP contribution in [0, 0.1) is 6.92 Å². The van der Waals surface area contributed by atoms with Crippen LogP contribution in [0.2, 0.25) is 10.0 Å². The van der Waals surface area contributed by atoms with E-state index in [4.69, 9.17) is 37.2 Å². The second kappa shape index (κ2) is 8.26. The zero-order valence-electron chi connectivity index (χ0n) is 17.4. The highest BCUT2D eigenvalue weighted by Gasteiger charge is 2.27. The molecule has 0 unspecified atom stereocenters. The molecular formula is C20H14Cl2N8O3. The van der Waals surface area contributed by atoms with Gasteiger partial charge in [-0.2, -0.15) is 4.98 Å². The minimum absolute atomic E-state index is 0.132. The van der Waals surface area contributed by atoms with Crippen molar-refractivity contribution in [1.82, 2.24) is 39.9 Å². The molecule has 13 heteroatoms. The zero-order valence-corrected chi connectivity index (χ0v) is 19.0. The van der Waals surface area contributed by atoms with Crippen molar-refractivity contribution in [1.29, 1.82) is 0 Å².